The van der Waals surface area contributed by atoms with Crippen molar-refractivity contribution in [1.82, 2.24) is 20.0 Å². The molecule has 0 spiro atoms. The van der Waals surface area contributed by atoms with Crippen molar-refractivity contribution in [3.05, 3.63) is 17.5 Å². The summed E-state index contributed by atoms with van der Waals surface area (Å²) in [5.41, 5.74) is 1.25. The maximum absolute atomic E-state index is 12.2. The molecule has 6 heteroatoms. The topological polar surface area (TPSA) is 50.2 Å². The summed E-state index contributed by atoms with van der Waals surface area (Å²) in [6.45, 7) is 4.59. The molecule has 0 atom stereocenters. The smallest absolute Gasteiger partial charge is 0.257 e. The number of nitrogens with zero attached hydrogens (tertiary/aromatic N) is 3. The molecule has 0 bridgehead atoms. The molecule has 1 saturated heterocycles. The second kappa shape index (κ2) is 5.27. The highest BCUT2D eigenvalue weighted by atomic mass is 19.1. The zero-order valence-electron chi connectivity index (χ0n) is 9.95. The van der Waals surface area contributed by atoms with Gasteiger partial charge in [0.15, 0.2) is 0 Å². The van der Waals surface area contributed by atoms with Crippen LogP contribution < -0.4 is 5.32 Å². The van der Waals surface area contributed by atoms with Gasteiger partial charge in [-0.1, -0.05) is 0 Å². The zero-order valence-corrected chi connectivity index (χ0v) is 9.95. The van der Waals surface area contributed by atoms with Gasteiger partial charge in [-0.2, -0.15) is 5.10 Å². The summed E-state index contributed by atoms with van der Waals surface area (Å²) >= 11 is 0. The molecule has 1 aliphatic rings. The van der Waals surface area contributed by atoms with Crippen LogP contribution in [0.5, 0.6) is 0 Å². The van der Waals surface area contributed by atoms with Crippen molar-refractivity contribution in [3.8, 4) is 0 Å². The summed E-state index contributed by atoms with van der Waals surface area (Å²) in [7, 11) is 0. The van der Waals surface area contributed by atoms with Gasteiger partial charge in [-0.3, -0.25) is 9.48 Å². The lowest BCUT2D eigenvalue weighted by molar-refractivity contribution is 0.0735. The van der Waals surface area contributed by atoms with Crippen LogP contribution in [0.4, 0.5) is 4.39 Å². The number of carbonyl (C=O) groups is 1. The molecule has 1 aliphatic heterocycles. The van der Waals surface area contributed by atoms with Gasteiger partial charge in [0.05, 0.1) is 17.8 Å². The molecule has 2 rings (SSSR count). The Balaban J connectivity index is 2.12. The van der Waals surface area contributed by atoms with Gasteiger partial charge in [0.1, 0.15) is 6.67 Å². The van der Waals surface area contributed by atoms with E-state index in [4.69, 9.17) is 0 Å². The molecule has 2 heterocycles. The van der Waals surface area contributed by atoms with Gasteiger partial charge in [0.2, 0.25) is 0 Å². The van der Waals surface area contributed by atoms with Crippen molar-refractivity contribution in [3.63, 3.8) is 0 Å². The highest BCUT2D eigenvalue weighted by Crippen LogP contribution is 2.10. The Morgan fingerprint density at radius 1 is 1.53 bits per heavy atom. The summed E-state index contributed by atoms with van der Waals surface area (Å²) in [5.74, 6) is -0.00546. The van der Waals surface area contributed by atoms with Gasteiger partial charge in [-0.05, 0) is 6.92 Å². The van der Waals surface area contributed by atoms with Gasteiger partial charge in [0, 0.05) is 32.4 Å². The number of rotatable bonds is 3. The van der Waals surface area contributed by atoms with Gasteiger partial charge in [0.25, 0.3) is 5.91 Å². The van der Waals surface area contributed by atoms with Gasteiger partial charge in [-0.15, -0.1) is 0 Å². The number of amides is 1. The minimum atomic E-state index is -0.470. The number of aromatic nitrogens is 2. The molecule has 0 unspecified atom stereocenters. The van der Waals surface area contributed by atoms with E-state index in [1.807, 2.05) is 0 Å². The van der Waals surface area contributed by atoms with Crippen molar-refractivity contribution >= 4 is 5.91 Å². The lowest BCUT2D eigenvalue weighted by Gasteiger charge is -2.27. The summed E-state index contributed by atoms with van der Waals surface area (Å²) < 4.78 is 13.7. The second-order valence-electron chi connectivity index (χ2n) is 4.12. The minimum absolute atomic E-state index is 0.00546. The lowest BCUT2D eigenvalue weighted by atomic mass is 10.2. The maximum Gasteiger partial charge on any atom is 0.257 e. The summed E-state index contributed by atoms with van der Waals surface area (Å²) in [6, 6.07) is 0. The SMILES string of the molecule is Cc1nn(CCF)cc1C(=O)N1CCNCC1. The third-order valence-electron chi connectivity index (χ3n) is 2.89. The average molecular weight is 240 g/mol. The van der Waals surface area contributed by atoms with E-state index in [9.17, 15) is 9.18 Å². The molecule has 17 heavy (non-hydrogen) atoms. The van der Waals surface area contributed by atoms with Crippen LogP contribution in [0, 0.1) is 6.92 Å². The van der Waals surface area contributed by atoms with E-state index in [2.05, 4.69) is 10.4 Å². The van der Waals surface area contributed by atoms with Crippen LogP contribution in [0.3, 0.4) is 0 Å². The predicted molar refractivity (Wildman–Crippen MR) is 61.7 cm³/mol. The Morgan fingerprint density at radius 3 is 2.88 bits per heavy atom. The number of halogens is 1. The van der Waals surface area contributed by atoms with Crippen molar-refractivity contribution in [2.75, 3.05) is 32.9 Å². The molecular weight excluding hydrogens is 223 g/mol. The van der Waals surface area contributed by atoms with Crippen molar-refractivity contribution in [2.45, 2.75) is 13.5 Å². The highest BCUT2D eigenvalue weighted by molar-refractivity contribution is 5.95. The van der Waals surface area contributed by atoms with Crippen molar-refractivity contribution in [1.29, 1.82) is 0 Å². The molecule has 1 N–H and O–H groups in total. The van der Waals surface area contributed by atoms with E-state index in [-0.39, 0.29) is 12.5 Å². The Morgan fingerprint density at radius 2 is 2.24 bits per heavy atom. The van der Waals surface area contributed by atoms with Crippen LogP contribution in [0.25, 0.3) is 0 Å². The number of carbonyl (C=O) groups excluding carboxylic acids is 1. The Kier molecular flexibility index (Phi) is 3.73. The van der Waals surface area contributed by atoms with Crippen LogP contribution in [0.2, 0.25) is 0 Å². The van der Waals surface area contributed by atoms with Gasteiger partial charge >= 0.3 is 0 Å². The fourth-order valence-corrected chi connectivity index (χ4v) is 1.97. The van der Waals surface area contributed by atoms with Crippen LogP contribution in [0.15, 0.2) is 6.20 Å². The molecule has 0 aliphatic carbocycles. The number of nitrogens with one attached hydrogen (secondary N) is 1. The second-order valence-corrected chi connectivity index (χ2v) is 4.12. The quantitative estimate of drug-likeness (QED) is 0.821. The third-order valence-corrected chi connectivity index (χ3v) is 2.89. The van der Waals surface area contributed by atoms with Gasteiger partial charge in [-0.25, -0.2) is 4.39 Å². The first kappa shape index (κ1) is 12.0. The first-order chi connectivity index (χ1) is 8.22. The minimum Gasteiger partial charge on any atom is -0.336 e. The van der Waals surface area contributed by atoms with Crippen molar-refractivity contribution < 1.29 is 9.18 Å². The predicted octanol–water partition coefficient (Wildman–Crippen LogP) is 0.206. The normalized spacial score (nSPS) is 16.2. The third kappa shape index (κ3) is 2.63. The average Bonchev–Trinajstić information content (AvgIpc) is 2.71. The Bertz CT molecular complexity index is 398. The molecule has 94 valence electrons. The summed E-state index contributed by atoms with van der Waals surface area (Å²) in [6.07, 6.45) is 1.64. The molecule has 0 saturated carbocycles. The number of hydrogen-bond acceptors (Lipinski definition) is 3. The number of hydrogen-bond donors (Lipinski definition) is 1. The molecule has 1 amide bonds. The zero-order chi connectivity index (χ0) is 12.3. The van der Waals surface area contributed by atoms with E-state index in [1.165, 1.54) is 4.68 Å². The van der Waals surface area contributed by atoms with Crippen LogP contribution in [0.1, 0.15) is 16.1 Å². The fraction of sp³-hybridized carbons (Fsp3) is 0.636. The molecule has 0 aromatic carbocycles. The number of alkyl halides is 1. The first-order valence-corrected chi connectivity index (χ1v) is 5.82. The molecular formula is C11H17FN4O. The molecule has 1 aromatic heterocycles. The number of aryl methyl sites for hydroxylation is 2. The highest BCUT2D eigenvalue weighted by Gasteiger charge is 2.21. The van der Waals surface area contributed by atoms with Gasteiger partial charge < -0.3 is 10.2 Å². The fourth-order valence-electron chi connectivity index (χ4n) is 1.97. The van der Waals surface area contributed by atoms with E-state index in [1.54, 1.807) is 18.0 Å². The molecule has 1 fully saturated rings. The molecule has 5 nitrogen and oxygen atoms in total. The van der Waals surface area contributed by atoms with E-state index in [0.29, 0.717) is 24.3 Å². The van der Waals surface area contributed by atoms with Crippen LogP contribution in [-0.2, 0) is 6.54 Å². The molecule has 1 aromatic rings. The van der Waals surface area contributed by atoms with Crippen molar-refractivity contribution in [2.24, 2.45) is 0 Å². The maximum atomic E-state index is 12.2. The number of piperazine rings is 1. The van der Waals surface area contributed by atoms with E-state index >= 15 is 0 Å². The standard InChI is InChI=1S/C11H17FN4O/c1-9-10(8-16(14-9)5-2-12)11(17)15-6-3-13-4-7-15/h8,13H,2-7H2,1H3. The largest absolute Gasteiger partial charge is 0.336 e. The lowest BCUT2D eigenvalue weighted by Crippen LogP contribution is -2.46. The van der Waals surface area contributed by atoms with Crippen LogP contribution in [-0.4, -0.2) is 53.4 Å². The summed E-state index contributed by atoms with van der Waals surface area (Å²) in [5, 5.41) is 7.33. The van der Waals surface area contributed by atoms with E-state index < -0.39 is 6.67 Å². The Labute approximate surface area is 99.6 Å². The monoisotopic (exact) mass is 240 g/mol. The summed E-state index contributed by atoms with van der Waals surface area (Å²) in [4.78, 5) is 14.0. The molecule has 0 radical (unpaired) electrons. The van der Waals surface area contributed by atoms with E-state index in [0.717, 1.165) is 13.1 Å². The first-order valence-electron chi connectivity index (χ1n) is 5.82. The Hall–Kier alpha value is -1.43. The van der Waals surface area contributed by atoms with Crippen LogP contribution >= 0.6 is 0 Å².